The number of carbonyl (C=O) groups excluding carboxylic acids is 9. The minimum Gasteiger partial charge on any atom is -0.450 e. The average molecular weight is 1190 g/mol. The van der Waals surface area contributed by atoms with Crippen LogP contribution in [0.15, 0.2) is 78.9 Å². The highest BCUT2D eigenvalue weighted by Gasteiger charge is 2.48. The Morgan fingerprint density at radius 1 is 0.628 bits per heavy atom. The summed E-state index contributed by atoms with van der Waals surface area (Å²) in [6.07, 6.45) is -0.467. The monoisotopic (exact) mass is 1190 g/mol. The quantitative estimate of drug-likeness (QED) is 0.136. The largest absolute Gasteiger partial charge is 0.450 e. The van der Waals surface area contributed by atoms with E-state index in [0.717, 1.165) is 4.90 Å². The summed E-state index contributed by atoms with van der Waals surface area (Å²) in [5, 5.41) is 17.7. The van der Waals surface area contributed by atoms with Crippen LogP contribution in [-0.2, 0) is 60.7 Å². The maximum absolute atomic E-state index is 15.6. The van der Waals surface area contributed by atoms with Gasteiger partial charge >= 0.3 is 5.97 Å². The minimum absolute atomic E-state index is 0.0542. The van der Waals surface area contributed by atoms with E-state index in [0.29, 0.717) is 41.5 Å². The van der Waals surface area contributed by atoms with Gasteiger partial charge in [-0.3, -0.25) is 38.4 Å². The van der Waals surface area contributed by atoms with Crippen LogP contribution in [0.3, 0.4) is 0 Å². The summed E-state index contributed by atoms with van der Waals surface area (Å²) >= 11 is 0. The molecule has 0 bridgehead atoms. The van der Waals surface area contributed by atoms with Gasteiger partial charge in [-0.2, -0.15) is 0 Å². The van der Waals surface area contributed by atoms with E-state index in [1.165, 1.54) is 73.8 Å². The molecule has 86 heavy (non-hydrogen) atoms. The Morgan fingerprint density at radius 2 is 1.21 bits per heavy atom. The van der Waals surface area contributed by atoms with Crippen molar-refractivity contribution >= 4 is 53.1 Å². The molecule has 2 heterocycles. The lowest BCUT2D eigenvalue weighted by Crippen LogP contribution is -2.61. The second-order valence-electron chi connectivity index (χ2n) is 25.7. The fourth-order valence-electron chi connectivity index (χ4n) is 12.3. The van der Waals surface area contributed by atoms with Crippen molar-refractivity contribution in [2.45, 2.75) is 188 Å². The molecule has 2 fully saturated rings. The molecule has 472 valence electrons. The molecule has 3 aromatic carbocycles. The second-order valence-corrected chi connectivity index (χ2v) is 25.7. The number of rotatable bonds is 14. The van der Waals surface area contributed by atoms with Crippen LogP contribution < -0.4 is 10.6 Å². The van der Waals surface area contributed by atoms with Crippen LogP contribution in [0.2, 0.25) is 0 Å². The minimum atomic E-state index is -1.97. The van der Waals surface area contributed by atoms with Gasteiger partial charge in [-0.15, -0.1) is 0 Å². The molecular formula is C67H96FN7O11. The van der Waals surface area contributed by atoms with E-state index in [1.54, 1.807) is 115 Å². The molecule has 7 amide bonds. The third kappa shape index (κ3) is 17.1. The van der Waals surface area contributed by atoms with Gasteiger partial charge in [0.1, 0.15) is 36.0 Å². The van der Waals surface area contributed by atoms with Gasteiger partial charge in [0.15, 0.2) is 17.9 Å². The Hall–Kier alpha value is -7.02. The maximum atomic E-state index is 15.6. The predicted molar refractivity (Wildman–Crippen MR) is 328 cm³/mol. The number of Topliss-reactive ketones (excluding diaryl/α,β-unsaturated/α-hetero) is 1. The highest BCUT2D eigenvalue weighted by Crippen LogP contribution is 2.31. The zero-order valence-corrected chi connectivity index (χ0v) is 53.6. The highest BCUT2D eigenvalue weighted by molar-refractivity contribution is 5.99. The number of fused-ring (bicyclic) bond motifs is 1. The fourth-order valence-corrected chi connectivity index (χ4v) is 12.3. The van der Waals surface area contributed by atoms with Gasteiger partial charge in [0, 0.05) is 65.8 Å². The fraction of sp³-hybridized carbons (Fsp3) is 0.597. The van der Waals surface area contributed by atoms with Crippen LogP contribution in [0, 0.1) is 41.3 Å². The number of nitrogens with one attached hydrogen (secondary N) is 2. The molecule has 0 saturated carbocycles. The number of halogens is 1. The summed E-state index contributed by atoms with van der Waals surface area (Å²) in [5.74, 6) is -9.97. The molecule has 2 aliphatic heterocycles. The molecule has 18 nitrogen and oxygen atoms in total. The van der Waals surface area contributed by atoms with Gasteiger partial charge in [-0.1, -0.05) is 142 Å². The Labute approximate surface area is 509 Å². The molecule has 19 heteroatoms. The van der Waals surface area contributed by atoms with Crippen LogP contribution in [0.4, 0.5) is 4.39 Å². The first-order valence-corrected chi connectivity index (χ1v) is 30.7. The van der Waals surface area contributed by atoms with Gasteiger partial charge in [-0.25, -0.2) is 9.18 Å². The number of ketones is 1. The third-order valence-corrected chi connectivity index (χ3v) is 17.3. The number of hydrogen-bond donors (Lipinski definition) is 3. The first-order valence-electron chi connectivity index (χ1n) is 30.7. The van der Waals surface area contributed by atoms with Crippen LogP contribution in [0.1, 0.15) is 133 Å². The molecule has 2 saturated heterocycles. The first-order chi connectivity index (χ1) is 40.3. The van der Waals surface area contributed by atoms with Gasteiger partial charge in [0.05, 0.1) is 11.6 Å². The molecule has 0 unspecified atom stereocenters. The summed E-state index contributed by atoms with van der Waals surface area (Å²) in [6.45, 7) is 20.7. The topological polar surface area (TPSA) is 223 Å². The van der Waals surface area contributed by atoms with Crippen LogP contribution in [-0.4, -0.2) is 171 Å². The van der Waals surface area contributed by atoms with Crippen molar-refractivity contribution in [1.29, 1.82) is 0 Å². The summed E-state index contributed by atoms with van der Waals surface area (Å²) in [6, 6.07) is 13.2. The van der Waals surface area contributed by atoms with Crippen molar-refractivity contribution in [3.63, 3.8) is 0 Å². The number of benzene rings is 3. The Morgan fingerprint density at radius 3 is 1.78 bits per heavy atom. The van der Waals surface area contributed by atoms with Gasteiger partial charge in [-0.05, 0) is 97.6 Å². The average Bonchev–Trinajstić information content (AvgIpc) is 1.84. The number of carbonyl (C=O) groups is 9. The molecule has 3 N–H and O–H groups in total. The van der Waals surface area contributed by atoms with Gasteiger partial charge in [0.2, 0.25) is 35.4 Å². The van der Waals surface area contributed by atoms with E-state index >= 15 is 24.0 Å². The number of ether oxygens (including phenoxy) is 1. The third-order valence-electron chi connectivity index (χ3n) is 17.3. The number of cyclic esters (lactones) is 1. The van der Waals surface area contributed by atoms with Crippen molar-refractivity contribution in [2.24, 2.45) is 35.5 Å². The van der Waals surface area contributed by atoms with Gasteiger partial charge in [0.25, 0.3) is 5.91 Å². The van der Waals surface area contributed by atoms with Crippen LogP contribution >= 0.6 is 0 Å². The first kappa shape index (κ1) is 69.7. The van der Waals surface area contributed by atoms with Crippen molar-refractivity contribution < 1.29 is 57.4 Å². The molecule has 0 aliphatic carbocycles. The molecule has 0 radical (unpaired) electrons. The Bertz CT molecular complexity index is 2880. The number of hydrogen-bond acceptors (Lipinski definition) is 11. The van der Waals surface area contributed by atoms with Crippen LogP contribution in [0.5, 0.6) is 0 Å². The molecule has 3 aromatic rings. The highest BCUT2D eigenvalue weighted by atomic mass is 19.1. The van der Waals surface area contributed by atoms with E-state index in [9.17, 15) is 28.7 Å². The lowest BCUT2D eigenvalue weighted by Gasteiger charge is -2.39. The van der Waals surface area contributed by atoms with Crippen molar-refractivity contribution in [3.05, 3.63) is 95.8 Å². The molecular weight excluding hydrogens is 1100 g/mol. The van der Waals surface area contributed by atoms with E-state index in [4.69, 9.17) is 4.74 Å². The molecule has 0 aromatic heterocycles. The summed E-state index contributed by atoms with van der Waals surface area (Å²) in [5.41, 5.74) is 0.513. The SMILES string of the molecule is CC[C@H](C)[C@@H]1NC(=O)[C@@H]2CCCN2C(=O)[C@H](Cc2cccc(-c3cccc(F)c3)c2)N(C)C(=O)[C@H](Cc2ccccc2)NC(=O)[C@H](C(C)C)N(C)C(=O)[C@@H]([C@@H](C)CC)OC(=O)[C@H](C(C)(C)O)N(C)C(=O)[C@H](CC(C)C)CC(=O)[C@H](C(C)C)N(C)C1=O. The molecule has 5 rings (SSSR count). The van der Waals surface area contributed by atoms with Crippen molar-refractivity contribution in [2.75, 3.05) is 34.7 Å². The Kier molecular flexibility index (Phi) is 24.8. The van der Waals surface area contributed by atoms with Crippen molar-refractivity contribution in [1.82, 2.24) is 35.1 Å². The molecule has 2 aliphatic rings. The zero-order chi connectivity index (χ0) is 64.2. The number of esters is 1. The van der Waals surface area contributed by atoms with Crippen molar-refractivity contribution in [3.8, 4) is 11.1 Å². The smallest absolute Gasteiger partial charge is 0.332 e. The van der Waals surface area contributed by atoms with E-state index in [1.807, 2.05) is 20.8 Å². The summed E-state index contributed by atoms with van der Waals surface area (Å²) in [4.78, 5) is 142. The molecule has 11 atom stereocenters. The number of aliphatic hydroxyl groups is 1. The summed E-state index contributed by atoms with van der Waals surface area (Å²) < 4.78 is 20.7. The van der Waals surface area contributed by atoms with E-state index < -0.39 is 143 Å². The van der Waals surface area contributed by atoms with E-state index in [2.05, 4.69) is 10.6 Å². The Balaban J connectivity index is 1.73. The second kappa shape index (κ2) is 30.6. The van der Waals surface area contributed by atoms with E-state index in [-0.39, 0.29) is 44.6 Å². The predicted octanol–water partition coefficient (Wildman–Crippen LogP) is 7.27. The van der Waals surface area contributed by atoms with Gasteiger partial charge < -0.3 is 45.0 Å². The standard InChI is InChI=1S/C67H96FN7O11/c1-17-42(9)54-64(82)72(14)55(40(5)6)53(76)38-48(33-39(3)4)61(79)74(16)58(67(11,12)85)66(84)86-57(43(10)18-2)65(83)73(15)56(41(7)8)60(78)69-50(35-44-25-20-19-21-26-44)62(80)71(13)52(63(81)75-32-24-31-51(75)59(77)70-54)36-45-27-22-28-46(34-45)47-29-23-30-49(68)37-47/h19-23,25-30,34,37,39-43,48,50-52,54-58,85H,17-18,24,31-33,35-36,38H2,1-16H3,(H,69,78)(H,70,77)/t42-,43-,48+,50-,51-,52-,54-,55-,56-,57+,58+/m0/s1. The maximum Gasteiger partial charge on any atom is 0.332 e. The summed E-state index contributed by atoms with van der Waals surface area (Å²) in [7, 11) is 5.69. The number of likely N-dealkylation sites (N-methyl/N-ethyl adjacent to an activating group) is 4. The van der Waals surface area contributed by atoms with Crippen LogP contribution in [0.25, 0.3) is 11.1 Å². The number of amides is 7. The lowest BCUT2D eigenvalue weighted by atomic mass is 9.85. The molecule has 0 spiro atoms. The normalized spacial score (nSPS) is 25.4. The lowest BCUT2D eigenvalue weighted by molar-refractivity contribution is -0.178. The number of nitrogens with zero attached hydrogens (tertiary/aromatic N) is 5. The zero-order valence-electron chi connectivity index (χ0n) is 53.6.